The normalized spacial score (nSPS) is 27.8. The molecule has 172 valence electrons. The van der Waals surface area contributed by atoms with Crippen molar-refractivity contribution in [3.8, 4) is 0 Å². The van der Waals surface area contributed by atoms with Crippen molar-refractivity contribution in [3.05, 3.63) is 60.7 Å². The molecule has 0 aromatic heterocycles. The summed E-state index contributed by atoms with van der Waals surface area (Å²) in [7, 11) is -1.06. The van der Waals surface area contributed by atoms with Crippen LogP contribution >= 0.6 is 0 Å². The predicted octanol–water partition coefficient (Wildman–Crippen LogP) is 3.64. The van der Waals surface area contributed by atoms with Gasteiger partial charge in [-0.2, -0.15) is 0 Å². The lowest BCUT2D eigenvalue weighted by Crippen LogP contribution is -2.68. The second-order valence-electron chi connectivity index (χ2n) is 9.87. The third kappa shape index (κ3) is 4.17. The number of esters is 1. The first kappa shape index (κ1) is 23.2. The lowest BCUT2D eigenvalue weighted by molar-refractivity contribution is -0.166. The van der Waals surface area contributed by atoms with Crippen molar-refractivity contribution in [2.75, 3.05) is 7.11 Å². The van der Waals surface area contributed by atoms with E-state index in [2.05, 4.69) is 69.3 Å². The fourth-order valence-electron chi connectivity index (χ4n) is 5.49. The van der Waals surface area contributed by atoms with Gasteiger partial charge in [-0.15, -0.1) is 0 Å². The van der Waals surface area contributed by atoms with E-state index < -0.39 is 8.32 Å². The van der Waals surface area contributed by atoms with Crippen LogP contribution in [-0.2, 0) is 23.4 Å². The molecule has 4 rings (SSSR count). The number of carbonyl (C=O) groups excluding carboxylic acids is 1. The highest BCUT2D eigenvalue weighted by atomic mass is 28.4. The molecule has 1 saturated heterocycles. The molecule has 1 aliphatic carbocycles. The largest absolute Gasteiger partial charge is 0.460 e. The van der Waals surface area contributed by atoms with E-state index in [1.165, 1.54) is 17.3 Å². The molecule has 6 heteroatoms. The Bertz CT molecular complexity index is 871. The van der Waals surface area contributed by atoms with Gasteiger partial charge in [0.2, 0.25) is 0 Å². The first-order valence-electron chi connectivity index (χ1n) is 11.4. The SMILES string of the molecule is COC1CC2C(O[Si](c3ccccc3)(c3ccccc3)C(C)(C)C)CC(OC(C)=O)C2O1. The average Bonchev–Trinajstić information content (AvgIpc) is 3.32. The average molecular weight is 455 g/mol. The van der Waals surface area contributed by atoms with Crippen LogP contribution in [0.25, 0.3) is 0 Å². The molecule has 0 bridgehead atoms. The molecular formula is C26H34O5Si. The molecule has 2 fully saturated rings. The first-order valence-corrected chi connectivity index (χ1v) is 13.3. The molecule has 0 spiro atoms. The van der Waals surface area contributed by atoms with Crippen LogP contribution in [0.1, 0.15) is 40.5 Å². The number of ether oxygens (including phenoxy) is 3. The minimum atomic E-state index is -2.71. The number of carbonyl (C=O) groups is 1. The fourth-order valence-corrected chi connectivity index (χ4v) is 10.2. The van der Waals surface area contributed by atoms with Gasteiger partial charge in [-0.05, 0) is 15.4 Å². The molecule has 0 amide bonds. The lowest BCUT2D eigenvalue weighted by Gasteiger charge is -2.45. The Kier molecular flexibility index (Phi) is 6.59. The molecule has 2 aromatic rings. The van der Waals surface area contributed by atoms with Crippen molar-refractivity contribution in [2.45, 2.75) is 70.2 Å². The second-order valence-corrected chi connectivity index (χ2v) is 14.1. The van der Waals surface area contributed by atoms with E-state index in [9.17, 15) is 4.79 Å². The summed E-state index contributed by atoms with van der Waals surface area (Å²) in [5, 5.41) is 2.37. The van der Waals surface area contributed by atoms with Crippen molar-refractivity contribution < 1.29 is 23.4 Å². The van der Waals surface area contributed by atoms with E-state index in [1.54, 1.807) is 7.11 Å². The Morgan fingerprint density at radius 2 is 1.50 bits per heavy atom. The van der Waals surface area contributed by atoms with E-state index >= 15 is 0 Å². The Balaban J connectivity index is 1.78. The van der Waals surface area contributed by atoms with Gasteiger partial charge in [-0.3, -0.25) is 4.79 Å². The number of hydrogen-bond acceptors (Lipinski definition) is 5. The van der Waals surface area contributed by atoms with Crippen LogP contribution in [-0.4, -0.2) is 46.0 Å². The van der Waals surface area contributed by atoms with E-state index in [1.807, 2.05) is 12.1 Å². The summed E-state index contributed by atoms with van der Waals surface area (Å²) in [6.07, 6.45) is 0.467. The Morgan fingerprint density at radius 3 is 1.97 bits per heavy atom. The first-order chi connectivity index (χ1) is 15.3. The number of rotatable bonds is 6. The van der Waals surface area contributed by atoms with Gasteiger partial charge in [0, 0.05) is 32.8 Å². The van der Waals surface area contributed by atoms with Crippen LogP contribution in [0.15, 0.2) is 60.7 Å². The highest BCUT2D eigenvalue weighted by Crippen LogP contribution is 2.46. The lowest BCUT2D eigenvalue weighted by atomic mass is 10.0. The molecule has 0 radical (unpaired) electrons. The summed E-state index contributed by atoms with van der Waals surface area (Å²) in [5.41, 5.74) is 0. The van der Waals surface area contributed by atoms with Crippen LogP contribution in [0.5, 0.6) is 0 Å². The zero-order valence-electron chi connectivity index (χ0n) is 19.6. The summed E-state index contributed by atoms with van der Waals surface area (Å²) in [6, 6.07) is 21.3. The van der Waals surface area contributed by atoms with E-state index in [0.29, 0.717) is 6.42 Å². The van der Waals surface area contributed by atoms with Crippen molar-refractivity contribution in [1.82, 2.24) is 0 Å². The third-order valence-electron chi connectivity index (χ3n) is 6.83. The molecule has 1 aliphatic heterocycles. The summed E-state index contributed by atoms with van der Waals surface area (Å²) < 4.78 is 24.7. The van der Waals surface area contributed by atoms with Crippen LogP contribution in [0.3, 0.4) is 0 Å². The molecule has 5 unspecified atom stereocenters. The van der Waals surface area contributed by atoms with Gasteiger partial charge in [-0.25, -0.2) is 0 Å². The monoisotopic (exact) mass is 454 g/mol. The van der Waals surface area contributed by atoms with Crippen LogP contribution < -0.4 is 10.4 Å². The van der Waals surface area contributed by atoms with Crippen molar-refractivity contribution >= 4 is 24.7 Å². The summed E-state index contributed by atoms with van der Waals surface area (Å²) in [5.74, 6) is -0.171. The standard InChI is InChI=1S/C26H34O5Si/c1-18(27)29-23-17-22(21-16-24(28-5)30-25(21)23)31-32(26(2,3)4,19-12-8-6-9-13-19)20-14-10-7-11-15-20/h6-15,21-25H,16-17H2,1-5H3. The summed E-state index contributed by atoms with van der Waals surface area (Å²) in [4.78, 5) is 11.8. The Morgan fingerprint density at radius 1 is 0.938 bits per heavy atom. The maximum atomic E-state index is 11.8. The van der Waals surface area contributed by atoms with Gasteiger partial charge in [0.1, 0.15) is 12.2 Å². The number of fused-ring (bicyclic) bond motifs is 1. The zero-order chi connectivity index (χ0) is 22.9. The Labute approximate surface area is 192 Å². The molecule has 1 heterocycles. The molecule has 1 saturated carbocycles. The van der Waals surface area contributed by atoms with Crippen molar-refractivity contribution in [2.24, 2.45) is 5.92 Å². The highest BCUT2D eigenvalue weighted by molar-refractivity contribution is 6.99. The van der Waals surface area contributed by atoms with Gasteiger partial charge >= 0.3 is 5.97 Å². The minimum absolute atomic E-state index is 0.0872. The molecule has 0 N–H and O–H groups in total. The number of hydrogen-bond donors (Lipinski definition) is 0. The fraction of sp³-hybridized carbons (Fsp3) is 0.500. The second kappa shape index (κ2) is 9.10. The van der Waals surface area contributed by atoms with Crippen LogP contribution in [0.2, 0.25) is 5.04 Å². The van der Waals surface area contributed by atoms with Crippen LogP contribution in [0, 0.1) is 5.92 Å². The maximum absolute atomic E-state index is 11.8. The summed E-state index contributed by atoms with van der Waals surface area (Å²) >= 11 is 0. The molecule has 5 nitrogen and oxygen atoms in total. The van der Waals surface area contributed by atoms with E-state index in [-0.39, 0.29) is 41.5 Å². The van der Waals surface area contributed by atoms with E-state index in [4.69, 9.17) is 18.6 Å². The minimum Gasteiger partial charge on any atom is -0.460 e. The van der Waals surface area contributed by atoms with Gasteiger partial charge in [0.25, 0.3) is 8.32 Å². The van der Waals surface area contributed by atoms with Gasteiger partial charge in [-0.1, -0.05) is 81.4 Å². The highest BCUT2D eigenvalue weighted by Gasteiger charge is 2.58. The third-order valence-corrected chi connectivity index (χ3v) is 11.9. The van der Waals surface area contributed by atoms with Gasteiger partial charge in [0.05, 0.1) is 6.10 Å². The maximum Gasteiger partial charge on any atom is 0.302 e. The van der Waals surface area contributed by atoms with Gasteiger partial charge < -0.3 is 18.6 Å². The Hall–Kier alpha value is -1.99. The molecule has 2 aromatic carbocycles. The molecule has 32 heavy (non-hydrogen) atoms. The topological polar surface area (TPSA) is 54.0 Å². The van der Waals surface area contributed by atoms with Crippen molar-refractivity contribution in [3.63, 3.8) is 0 Å². The zero-order valence-corrected chi connectivity index (χ0v) is 20.6. The molecule has 5 atom stereocenters. The summed E-state index contributed by atoms with van der Waals surface area (Å²) in [6.45, 7) is 8.28. The number of benzene rings is 2. The van der Waals surface area contributed by atoms with Crippen molar-refractivity contribution in [1.29, 1.82) is 0 Å². The quantitative estimate of drug-likeness (QED) is 0.493. The van der Waals surface area contributed by atoms with Crippen LogP contribution in [0.4, 0.5) is 0 Å². The molecule has 2 aliphatic rings. The number of methoxy groups -OCH3 is 1. The van der Waals surface area contributed by atoms with E-state index in [0.717, 1.165) is 6.42 Å². The predicted molar refractivity (Wildman–Crippen MR) is 126 cm³/mol. The smallest absolute Gasteiger partial charge is 0.302 e. The van der Waals surface area contributed by atoms with Gasteiger partial charge in [0.15, 0.2) is 6.29 Å². The molecular weight excluding hydrogens is 420 g/mol.